The van der Waals surface area contributed by atoms with E-state index in [0.29, 0.717) is 50.8 Å². The first-order valence-corrected chi connectivity index (χ1v) is 7.89. The molecule has 0 bridgehead atoms. The molecule has 0 heterocycles. The Bertz CT molecular complexity index is 445. The van der Waals surface area contributed by atoms with Crippen molar-refractivity contribution >= 4 is 27.5 Å². The maximum absolute atomic E-state index is 12.5. The van der Waals surface area contributed by atoms with Gasteiger partial charge in [-0.3, -0.25) is 4.79 Å². The summed E-state index contributed by atoms with van der Waals surface area (Å²) < 4.78 is 11.5. The zero-order valence-corrected chi connectivity index (χ0v) is 14.2. The van der Waals surface area contributed by atoms with Crippen LogP contribution in [0.3, 0.4) is 0 Å². The van der Waals surface area contributed by atoms with Gasteiger partial charge in [0.05, 0.1) is 13.2 Å². The molecule has 0 aliphatic heterocycles. The van der Waals surface area contributed by atoms with Gasteiger partial charge in [0.1, 0.15) is 0 Å². The Morgan fingerprint density at radius 1 is 1.19 bits per heavy atom. The molecule has 0 fully saturated rings. The summed E-state index contributed by atoms with van der Waals surface area (Å²) >= 11 is 3.33. The van der Waals surface area contributed by atoms with E-state index in [4.69, 9.17) is 15.2 Å². The quantitative estimate of drug-likeness (QED) is 0.544. The van der Waals surface area contributed by atoms with Gasteiger partial charge in [-0.15, -0.1) is 0 Å². The molecule has 0 aliphatic rings. The van der Waals surface area contributed by atoms with Crippen LogP contribution >= 0.6 is 15.9 Å². The summed E-state index contributed by atoms with van der Waals surface area (Å²) in [5.41, 5.74) is 6.96. The number of carbonyl (C=O) groups is 1. The predicted octanol–water partition coefficient (Wildman–Crippen LogP) is 2.55. The molecule has 0 spiro atoms. The topological polar surface area (TPSA) is 64.8 Å². The number of carbonyl (C=O) groups excluding carboxylic acids is 1. The molecule has 0 aromatic heterocycles. The Kier molecular flexibility index (Phi) is 8.34. The number of nitrogens with two attached hydrogens (primary N) is 1. The number of rotatable bonds is 9. The first-order valence-electron chi connectivity index (χ1n) is 7.09. The van der Waals surface area contributed by atoms with Gasteiger partial charge in [0.2, 0.25) is 0 Å². The van der Waals surface area contributed by atoms with E-state index in [1.807, 2.05) is 13.8 Å². The number of hydrogen-bond acceptors (Lipinski definition) is 4. The minimum atomic E-state index is -0.0615. The van der Waals surface area contributed by atoms with Crippen LogP contribution in [0.5, 0.6) is 0 Å². The van der Waals surface area contributed by atoms with Crippen molar-refractivity contribution in [3.05, 3.63) is 28.2 Å². The van der Waals surface area contributed by atoms with Crippen molar-refractivity contribution in [2.45, 2.75) is 13.8 Å². The molecule has 0 aliphatic carbocycles. The number of amides is 1. The minimum Gasteiger partial charge on any atom is -0.398 e. The highest BCUT2D eigenvalue weighted by Gasteiger charge is 2.16. The van der Waals surface area contributed by atoms with Crippen molar-refractivity contribution in [2.75, 3.05) is 45.3 Å². The summed E-state index contributed by atoms with van der Waals surface area (Å²) in [5, 5.41) is 0. The Morgan fingerprint density at radius 2 is 1.76 bits per heavy atom. The van der Waals surface area contributed by atoms with Crippen molar-refractivity contribution in [3.63, 3.8) is 0 Å². The van der Waals surface area contributed by atoms with Gasteiger partial charge in [-0.2, -0.15) is 0 Å². The Labute approximate surface area is 134 Å². The van der Waals surface area contributed by atoms with Crippen molar-refractivity contribution in [1.82, 2.24) is 4.90 Å². The van der Waals surface area contributed by atoms with Crippen LogP contribution in [-0.2, 0) is 9.47 Å². The fourth-order valence-electron chi connectivity index (χ4n) is 1.81. The van der Waals surface area contributed by atoms with Crippen LogP contribution in [0.2, 0.25) is 0 Å². The number of nitrogens with zero attached hydrogens (tertiary/aromatic N) is 1. The maximum atomic E-state index is 12.5. The van der Waals surface area contributed by atoms with Gasteiger partial charge in [0, 0.05) is 42.0 Å². The number of anilines is 1. The van der Waals surface area contributed by atoms with Gasteiger partial charge in [0.15, 0.2) is 0 Å². The molecule has 0 radical (unpaired) electrons. The fourth-order valence-corrected chi connectivity index (χ4v) is 2.06. The van der Waals surface area contributed by atoms with Crippen LogP contribution in [0.1, 0.15) is 24.2 Å². The number of benzene rings is 1. The lowest BCUT2D eigenvalue weighted by Gasteiger charge is -2.23. The SMILES string of the molecule is CCOCCN(CCOCC)C(=O)c1ccc(Br)c(N)c1. The Hall–Kier alpha value is -1.11. The lowest BCUT2D eigenvalue weighted by atomic mass is 10.1. The second-order valence-electron chi connectivity index (χ2n) is 4.42. The van der Waals surface area contributed by atoms with Gasteiger partial charge in [-0.25, -0.2) is 0 Å². The van der Waals surface area contributed by atoms with Crippen LogP contribution in [0, 0.1) is 0 Å². The molecule has 21 heavy (non-hydrogen) atoms. The van der Waals surface area contributed by atoms with Gasteiger partial charge < -0.3 is 20.1 Å². The standard InChI is InChI=1S/C15H23BrN2O3/c1-3-20-9-7-18(8-10-21-4-2)15(19)12-5-6-13(16)14(17)11-12/h5-6,11H,3-4,7-10,17H2,1-2H3. The summed E-state index contributed by atoms with van der Waals surface area (Å²) in [6, 6.07) is 5.23. The lowest BCUT2D eigenvalue weighted by molar-refractivity contribution is 0.0550. The Balaban J connectivity index is 2.73. The number of halogens is 1. The van der Waals surface area contributed by atoms with Crippen LogP contribution in [0.15, 0.2) is 22.7 Å². The number of nitrogen functional groups attached to an aromatic ring is 1. The van der Waals surface area contributed by atoms with E-state index >= 15 is 0 Å². The highest BCUT2D eigenvalue weighted by molar-refractivity contribution is 9.10. The normalized spacial score (nSPS) is 10.6. The Morgan fingerprint density at radius 3 is 2.24 bits per heavy atom. The van der Waals surface area contributed by atoms with Gasteiger partial charge in [0.25, 0.3) is 5.91 Å². The molecule has 118 valence electrons. The second-order valence-corrected chi connectivity index (χ2v) is 5.28. The largest absolute Gasteiger partial charge is 0.398 e. The minimum absolute atomic E-state index is 0.0615. The van der Waals surface area contributed by atoms with Crippen LogP contribution in [-0.4, -0.2) is 50.3 Å². The smallest absolute Gasteiger partial charge is 0.254 e. The zero-order valence-electron chi connectivity index (χ0n) is 12.6. The predicted molar refractivity (Wildman–Crippen MR) is 87.4 cm³/mol. The highest BCUT2D eigenvalue weighted by atomic mass is 79.9. The average Bonchev–Trinajstić information content (AvgIpc) is 2.48. The summed E-state index contributed by atoms with van der Waals surface area (Å²) in [4.78, 5) is 14.3. The summed E-state index contributed by atoms with van der Waals surface area (Å²) in [6.07, 6.45) is 0. The third-order valence-corrected chi connectivity index (χ3v) is 3.67. The first kappa shape index (κ1) is 17.9. The fraction of sp³-hybridized carbons (Fsp3) is 0.533. The molecule has 2 N–H and O–H groups in total. The van der Waals surface area contributed by atoms with E-state index in [-0.39, 0.29) is 5.91 Å². The third-order valence-electron chi connectivity index (χ3n) is 2.95. The number of ether oxygens (including phenoxy) is 2. The molecular weight excluding hydrogens is 336 g/mol. The molecular formula is C15H23BrN2O3. The van der Waals surface area contributed by atoms with Crippen molar-refractivity contribution in [2.24, 2.45) is 0 Å². The van der Waals surface area contributed by atoms with Crippen LogP contribution < -0.4 is 5.73 Å². The van der Waals surface area contributed by atoms with Crippen molar-refractivity contribution in [3.8, 4) is 0 Å². The van der Waals surface area contributed by atoms with E-state index in [1.54, 1.807) is 23.1 Å². The summed E-state index contributed by atoms with van der Waals surface area (Å²) in [6.45, 7) is 7.24. The van der Waals surface area contributed by atoms with E-state index < -0.39 is 0 Å². The third kappa shape index (κ3) is 6.03. The summed E-state index contributed by atoms with van der Waals surface area (Å²) in [5.74, 6) is -0.0615. The molecule has 0 saturated heterocycles. The van der Waals surface area contributed by atoms with E-state index in [1.165, 1.54) is 0 Å². The summed E-state index contributed by atoms with van der Waals surface area (Å²) in [7, 11) is 0. The molecule has 1 amide bonds. The van der Waals surface area contributed by atoms with Crippen molar-refractivity contribution in [1.29, 1.82) is 0 Å². The molecule has 1 aromatic rings. The van der Waals surface area contributed by atoms with Gasteiger partial charge >= 0.3 is 0 Å². The van der Waals surface area contributed by atoms with Crippen molar-refractivity contribution < 1.29 is 14.3 Å². The first-order chi connectivity index (χ1) is 10.1. The average molecular weight is 359 g/mol. The highest BCUT2D eigenvalue weighted by Crippen LogP contribution is 2.21. The van der Waals surface area contributed by atoms with Crippen LogP contribution in [0.4, 0.5) is 5.69 Å². The van der Waals surface area contributed by atoms with E-state index in [0.717, 1.165) is 4.47 Å². The van der Waals surface area contributed by atoms with Crippen LogP contribution in [0.25, 0.3) is 0 Å². The van der Waals surface area contributed by atoms with E-state index in [2.05, 4.69) is 15.9 Å². The molecule has 6 heteroatoms. The molecule has 0 unspecified atom stereocenters. The molecule has 5 nitrogen and oxygen atoms in total. The van der Waals surface area contributed by atoms with E-state index in [9.17, 15) is 4.79 Å². The molecule has 0 atom stereocenters. The molecule has 1 rings (SSSR count). The maximum Gasteiger partial charge on any atom is 0.254 e. The molecule has 0 saturated carbocycles. The van der Waals surface area contributed by atoms with Gasteiger partial charge in [-0.05, 0) is 48.0 Å². The second kappa shape index (κ2) is 9.76. The monoisotopic (exact) mass is 358 g/mol. The number of hydrogen-bond donors (Lipinski definition) is 1. The lowest BCUT2D eigenvalue weighted by Crippen LogP contribution is -2.36. The van der Waals surface area contributed by atoms with Gasteiger partial charge in [-0.1, -0.05) is 0 Å². The molecule has 1 aromatic carbocycles. The zero-order chi connectivity index (χ0) is 15.7.